The van der Waals surface area contributed by atoms with Crippen LogP contribution in [0.1, 0.15) is 37.3 Å². The molecule has 0 saturated carbocycles. The molecule has 2 unspecified atom stereocenters. The van der Waals surface area contributed by atoms with Crippen molar-refractivity contribution in [2.24, 2.45) is 5.10 Å². The Morgan fingerprint density at radius 2 is 2.00 bits per heavy atom. The summed E-state index contributed by atoms with van der Waals surface area (Å²) in [4.78, 5) is 36.9. The number of benzene rings is 1. The molecule has 3 rings (SSSR count). The summed E-state index contributed by atoms with van der Waals surface area (Å²) >= 11 is 5.91. The summed E-state index contributed by atoms with van der Waals surface area (Å²) in [6.45, 7) is 0. The van der Waals surface area contributed by atoms with Gasteiger partial charge >= 0.3 is 5.97 Å². The van der Waals surface area contributed by atoms with Crippen LogP contribution in [-0.4, -0.2) is 61.6 Å². The predicted octanol–water partition coefficient (Wildman–Crippen LogP) is 1.23. The molecular formula is C19H22ClN3O6S. The Morgan fingerprint density at radius 3 is 2.60 bits per heavy atom. The molecule has 0 radical (unpaired) electrons. The number of hydrogen-bond donors (Lipinski definition) is 1. The van der Waals surface area contributed by atoms with Crippen LogP contribution in [0.3, 0.4) is 0 Å². The lowest BCUT2D eigenvalue weighted by atomic mass is 10.0. The average molecular weight is 456 g/mol. The highest BCUT2D eigenvalue weighted by atomic mass is 35.5. The molecule has 2 aliphatic rings. The van der Waals surface area contributed by atoms with Crippen LogP contribution in [0.15, 0.2) is 29.4 Å². The number of hydrogen-bond acceptors (Lipinski definition) is 7. The molecule has 2 aliphatic heterocycles. The van der Waals surface area contributed by atoms with Gasteiger partial charge in [-0.2, -0.15) is 5.10 Å². The van der Waals surface area contributed by atoms with Gasteiger partial charge in [-0.25, -0.2) is 13.4 Å². The van der Waals surface area contributed by atoms with Crippen molar-refractivity contribution in [1.29, 1.82) is 0 Å². The number of ether oxygens (including phenoxy) is 1. The molecule has 2 atom stereocenters. The van der Waals surface area contributed by atoms with E-state index in [-0.39, 0.29) is 42.4 Å². The Bertz CT molecular complexity index is 976. The highest BCUT2D eigenvalue weighted by molar-refractivity contribution is 7.91. The average Bonchev–Trinajstić information content (AvgIpc) is 3.07. The zero-order valence-corrected chi connectivity index (χ0v) is 17.9. The summed E-state index contributed by atoms with van der Waals surface area (Å²) in [5.74, 6) is -1.51. The van der Waals surface area contributed by atoms with Crippen LogP contribution in [0.4, 0.5) is 0 Å². The summed E-state index contributed by atoms with van der Waals surface area (Å²) in [6.07, 6.45) is 0.389. The second-order valence-corrected chi connectivity index (χ2v) is 9.86. The minimum absolute atomic E-state index is 0.00370. The zero-order valence-electron chi connectivity index (χ0n) is 16.3. The predicted molar refractivity (Wildman–Crippen MR) is 110 cm³/mol. The number of halogens is 1. The van der Waals surface area contributed by atoms with Gasteiger partial charge in [-0.3, -0.25) is 14.4 Å². The lowest BCUT2D eigenvalue weighted by Gasteiger charge is -2.28. The number of sulfone groups is 1. The van der Waals surface area contributed by atoms with Crippen molar-refractivity contribution in [3.05, 3.63) is 34.9 Å². The number of esters is 1. The maximum Gasteiger partial charge on any atom is 0.307 e. The molecule has 9 nitrogen and oxygen atoms in total. The van der Waals surface area contributed by atoms with Crippen molar-refractivity contribution in [2.75, 3.05) is 18.6 Å². The monoisotopic (exact) mass is 455 g/mol. The molecule has 1 aromatic carbocycles. The second-order valence-electron chi connectivity index (χ2n) is 7.20. The van der Waals surface area contributed by atoms with Gasteiger partial charge in [0.2, 0.25) is 5.91 Å². The molecule has 2 heterocycles. The Morgan fingerprint density at radius 1 is 1.30 bits per heavy atom. The number of carbonyl (C=O) groups is 3. The number of hydrazone groups is 1. The van der Waals surface area contributed by atoms with Gasteiger partial charge in [-0.1, -0.05) is 23.7 Å². The molecule has 162 valence electrons. The fraction of sp³-hybridized carbons (Fsp3) is 0.474. The first-order valence-corrected chi connectivity index (χ1v) is 11.6. The summed E-state index contributed by atoms with van der Waals surface area (Å²) in [5, 5.41) is 8.56. The van der Waals surface area contributed by atoms with Gasteiger partial charge in [0.15, 0.2) is 9.84 Å². The van der Waals surface area contributed by atoms with Crippen molar-refractivity contribution in [3.63, 3.8) is 0 Å². The van der Waals surface area contributed by atoms with Gasteiger partial charge in [-0.15, -0.1) is 0 Å². The molecule has 1 aromatic rings. The van der Waals surface area contributed by atoms with E-state index in [1.165, 1.54) is 7.11 Å². The van der Waals surface area contributed by atoms with E-state index in [0.29, 0.717) is 17.0 Å². The van der Waals surface area contributed by atoms with Gasteiger partial charge in [0, 0.05) is 17.9 Å². The van der Waals surface area contributed by atoms with Crippen LogP contribution in [0.5, 0.6) is 0 Å². The van der Waals surface area contributed by atoms with Crippen molar-refractivity contribution >= 4 is 44.9 Å². The van der Waals surface area contributed by atoms with Crippen LogP contribution in [0.25, 0.3) is 0 Å². The van der Waals surface area contributed by atoms with E-state index in [2.05, 4.69) is 10.4 Å². The van der Waals surface area contributed by atoms with Gasteiger partial charge in [0.25, 0.3) is 5.91 Å². The Labute approximate surface area is 179 Å². The SMILES string of the molecule is COC(=O)CC(NC(=O)C1=NN(C2CCS(=O)(=O)C2)C(=O)CC1)c1ccc(Cl)cc1. The quantitative estimate of drug-likeness (QED) is 0.643. The molecule has 0 spiro atoms. The third-order valence-electron chi connectivity index (χ3n) is 5.05. The Hall–Kier alpha value is -2.46. The summed E-state index contributed by atoms with van der Waals surface area (Å²) in [5.41, 5.74) is 0.770. The van der Waals surface area contributed by atoms with E-state index in [4.69, 9.17) is 16.3 Å². The lowest BCUT2D eigenvalue weighted by molar-refractivity contribution is -0.141. The van der Waals surface area contributed by atoms with E-state index in [1.54, 1.807) is 24.3 Å². The number of carbonyl (C=O) groups excluding carboxylic acids is 3. The highest BCUT2D eigenvalue weighted by Gasteiger charge is 2.37. The van der Waals surface area contributed by atoms with Gasteiger partial charge < -0.3 is 10.1 Å². The van der Waals surface area contributed by atoms with Gasteiger partial charge in [0.05, 0.1) is 37.1 Å². The molecule has 0 aromatic heterocycles. The third kappa shape index (κ3) is 5.37. The van der Waals surface area contributed by atoms with Crippen LogP contribution in [-0.2, 0) is 29.0 Å². The molecule has 30 heavy (non-hydrogen) atoms. The van der Waals surface area contributed by atoms with Crippen LogP contribution in [0, 0.1) is 0 Å². The molecule has 1 fully saturated rings. The molecule has 1 saturated heterocycles. The standard InChI is InChI=1S/C19H22ClN3O6S/c1-29-18(25)10-16(12-2-4-13(20)5-3-12)21-19(26)15-6-7-17(24)23(22-15)14-8-9-30(27,28)11-14/h2-5,14,16H,6-11H2,1H3,(H,21,26). The molecule has 11 heteroatoms. The first kappa shape index (κ1) is 22.2. The van der Waals surface area contributed by atoms with E-state index in [0.717, 1.165) is 5.01 Å². The molecule has 2 amide bonds. The van der Waals surface area contributed by atoms with Crippen molar-refractivity contribution in [1.82, 2.24) is 10.3 Å². The van der Waals surface area contributed by atoms with Crippen LogP contribution in [0.2, 0.25) is 5.02 Å². The van der Waals surface area contributed by atoms with Gasteiger partial charge in [0.1, 0.15) is 5.71 Å². The summed E-state index contributed by atoms with van der Waals surface area (Å²) < 4.78 is 28.2. The number of nitrogens with one attached hydrogen (secondary N) is 1. The summed E-state index contributed by atoms with van der Waals surface area (Å²) in [6, 6.07) is 5.44. The molecule has 0 bridgehead atoms. The lowest BCUT2D eigenvalue weighted by Crippen LogP contribution is -2.44. The first-order chi connectivity index (χ1) is 14.2. The third-order valence-corrected chi connectivity index (χ3v) is 7.05. The maximum absolute atomic E-state index is 12.8. The number of rotatable bonds is 6. The second kappa shape index (κ2) is 9.13. The maximum atomic E-state index is 12.8. The fourth-order valence-corrected chi connectivity index (χ4v) is 5.25. The minimum Gasteiger partial charge on any atom is -0.469 e. The van der Waals surface area contributed by atoms with Crippen LogP contribution < -0.4 is 5.32 Å². The molecule has 0 aliphatic carbocycles. The number of methoxy groups -OCH3 is 1. The van der Waals surface area contributed by atoms with E-state index < -0.39 is 33.8 Å². The number of nitrogens with zero attached hydrogens (tertiary/aromatic N) is 2. The minimum atomic E-state index is -3.21. The van der Waals surface area contributed by atoms with Crippen molar-refractivity contribution in [3.8, 4) is 0 Å². The van der Waals surface area contributed by atoms with Crippen LogP contribution >= 0.6 is 11.6 Å². The highest BCUT2D eigenvalue weighted by Crippen LogP contribution is 2.24. The summed E-state index contributed by atoms with van der Waals surface area (Å²) in [7, 11) is -1.95. The van der Waals surface area contributed by atoms with Crippen molar-refractivity contribution in [2.45, 2.75) is 37.8 Å². The van der Waals surface area contributed by atoms with E-state index >= 15 is 0 Å². The van der Waals surface area contributed by atoms with Gasteiger partial charge in [-0.05, 0) is 24.1 Å². The molecular weight excluding hydrogens is 434 g/mol. The first-order valence-electron chi connectivity index (χ1n) is 9.41. The largest absolute Gasteiger partial charge is 0.469 e. The smallest absolute Gasteiger partial charge is 0.307 e. The zero-order chi connectivity index (χ0) is 21.9. The normalized spacial score (nSPS) is 21.7. The Balaban J connectivity index is 1.78. The van der Waals surface area contributed by atoms with Crippen molar-refractivity contribution < 1.29 is 27.5 Å². The topological polar surface area (TPSA) is 122 Å². The van der Waals surface area contributed by atoms with E-state index in [1.807, 2.05) is 0 Å². The fourth-order valence-electron chi connectivity index (χ4n) is 3.43. The Kier molecular flexibility index (Phi) is 6.77. The van der Waals surface area contributed by atoms with E-state index in [9.17, 15) is 22.8 Å². The number of amides is 2. The molecule has 1 N–H and O–H groups in total.